The molecule has 0 saturated heterocycles. The molecule has 2 heterocycles. The summed E-state index contributed by atoms with van der Waals surface area (Å²) in [7, 11) is 0. The number of aromatic nitrogens is 2. The first-order valence-corrected chi connectivity index (χ1v) is 23.2. The standard InChI is InChI=1S/C61H48N4O/c1-61(2,3)37-31-32-62-56(33-37)65-54-26-13-10-17-42(54)43-30-28-41(36-55(43)65)66-40-16-14-15-38(34-40)63-52-24-11-12-25-53(52)64-39-27-29-50-51(35-39)60-49-23-9-8-22-48(49)59(50)57-44-18-4-6-20-46(44)58(60)47-21-7-5-19-45(47)57/h4-36,57-60,63-64H,1-3H3. The quantitative estimate of drug-likeness (QED) is 0.168. The molecule has 0 amide bonds. The third kappa shape index (κ3) is 6.10. The van der Waals surface area contributed by atoms with Crippen molar-refractivity contribution in [3.63, 3.8) is 0 Å². The molecular weight excluding hydrogens is 805 g/mol. The van der Waals surface area contributed by atoms with Crippen molar-refractivity contribution in [1.29, 1.82) is 0 Å². The highest BCUT2D eigenvalue weighted by Gasteiger charge is 2.49. The zero-order chi connectivity index (χ0) is 44.1. The Morgan fingerprint density at radius 1 is 0.424 bits per heavy atom. The Bertz CT molecular complexity index is 3510. The Labute approximate surface area is 385 Å². The number of hydrogen-bond acceptors (Lipinski definition) is 4. The number of fused-ring (bicyclic) bond motifs is 3. The van der Waals surface area contributed by atoms with Crippen LogP contribution in [0.15, 0.2) is 200 Å². The molecule has 0 saturated carbocycles. The second-order valence-corrected chi connectivity index (χ2v) is 19.3. The molecule has 8 aromatic carbocycles. The summed E-state index contributed by atoms with van der Waals surface area (Å²) in [6, 6.07) is 70.7. The maximum absolute atomic E-state index is 6.65. The number of pyridine rings is 1. The van der Waals surface area contributed by atoms with Crippen LogP contribution in [0.3, 0.4) is 0 Å². The van der Waals surface area contributed by atoms with Crippen molar-refractivity contribution in [2.45, 2.75) is 49.9 Å². The maximum Gasteiger partial charge on any atom is 0.137 e. The molecule has 4 bridgehead atoms. The number of ether oxygens (including phenoxy) is 1. The van der Waals surface area contributed by atoms with Crippen LogP contribution >= 0.6 is 0 Å². The molecule has 10 aromatic rings. The fourth-order valence-electron chi connectivity index (χ4n) is 11.6. The van der Waals surface area contributed by atoms with Crippen molar-refractivity contribution >= 4 is 44.6 Å². The molecular formula is C61H48N4O. The van der Waals surface area contributed by atoms with Gasteiger partial charge in [-0.1, -0.05) is 136 Å². The molecule has 2 atom stereocenters. The first kappa shape index (κ1) is 38.6. The number of nitrogens with one attached hydrogen (secondary N) is 2. The second-order valence-electron chi connectivity index (χ2n) is 19.3. The number of para-hydroxylation sites is 3. The van der Waals surface area contributed by atoms with Gasteiger partial charge >= 0.3 is 0 Å². The van der Waals surface area contributed by atoms with Gasteiger partial charge in [0.05, 0.1) is 22.4 Å². The smallest absolute Gasteiger partial charge is 0.137 e. The predicted molar refractivity (Wildman–Crippen MR) is 270 cm³/mol. The van der Waals surface area contributed by atoms with Gasteiger partial charge in [0.2, 0.25) is 0 Å². The molecule has 6 aliphatic carbocycles. The minimum atomic E-state index is -0.00447. The summed E-state index contributed by atoms with van der Waals surface area (Å²) in [4.78, 5) is 4.87. The lowest BCUT2D eigenvalue weighted by Crippen LogP contribution is -2.35. The Balaban J connectivity index is 0.816. The Kier molecular flexibility index (Phi) is 8.66. The van der Waals surface area contributed by atoms with Gasteiger partial charge in [-0.25, -0.2) is 4.98 Å². The fourth-order valence-corrected chi connectivity index (χ4v) is 11.6. The van der Waals surface area contributed by atoms with Crippen molar-refractivity contribution in [2.24, 2.45) is 0 Å². The van der Waals surface area contributed by atoms with Crippen molar-refractivity contribution in [1.82, 2.24) is 9.55 Å². The molecule has 16 rings (SSSR count). The lowest BCUT2D eigenvalue weighted by atomic mass is 9.53. The Hall–Kier alpha value is -7.89. The molecule has 0 spiro atoms. The molecule has 0 radical (unpaired) electrons. The monoisotopic (exact) mass is 852 g/mol. The molecule has 6 aliphatic rings. The van der Waals surface area contributed by atoms with Gasteiger partial charge < -0.3 is 15.4 Å². The van der Waals surface area contributed by atoms with Gasteiger partial charge in [0.15, 0.2) is 0 Å². The van der Waals surface area contributed by atoms with Crippen LogP contribution in [0.4, 0.5) is 22.7 Å². The summed E-state index contributed by atoms with van der Waals surface area (Å²) < 4.78 is 8.91. The Morgan fingerprint density at radius 3 is 1.56 bits per heavy atom. The second kappa shape index (κ2) is 14.8. The number of hydrogen-bond donors (Lipinski definition) is 2. The van der Waals surface area contributed by atoms with E-state index in [9.17, 15) is 0 Å². The number of anilines is 4. The fraction of sp³-hybridized carbons (Fsp3) is 0.131. The summed E-state index contributed by atoms with van der Waals surface area (Å²) in [5.74, 6) is 3.29. The number of nitrogens with zero attached hydrogens (tertiary/aromatic N) is 2. The highest BCUT2D eigenvalue weighted by molar-refractivity contribution is 6.09. The van der Waals surface area contributed by atoms with Gasteiger partial charge in [0.25, 0.3) is 0 Å². The molecule has 2 aromatic heterocycles. The average Bonchev–Trinajstić information content (AvgIpc) is 3.66. The van der Waals surface area contributed by atoms with Crippen LogP contribution in [-0.2, 0) is 5.41 Å². The van der Waals surface area contributed by atoms with E-state index in [4.69, 9.17) is 9.72 Å². The summed E-state index contributed by atoms with van der Waals surface area (Å²) in [6.07, 6.45) is 1.92. The summed E-state index contributed by atoms with van der Waals surface area (Å²) in [5.41, 5.74) is 19.1. The van der Waals surface area contributed by atoms with Crippen LogP contribution in [0.5, 0.6) is 11.5 Å². The topological polar surface area (TPSA) is 51.1 Å². The van der Waals surface area contributed by atoms with Gasteiger partial charge in [-0.2, -0.15) is 0 Å². The minimum absolute atomic E-state index is 0.00447. The summed E-state index contributed by atoms with van der Waals surface area (Å²) in [6.45, 7) is 6.72. The average molecular weight is 853 g/mol. The maximum atomic E-state index is 6.65. The van der Waals surface area contributed by atoms with E-state index in [1.807, 2.05) is 18.3 Å². The van der Waals surface area contributed by atoms with Crippen LogP contribution in [0.2, 0.25) is 0 Å². The van der Waals surface area contributed by atoms with Gasteiger partial charge in [-0.3, -0.25) is 4.57 Å². The molecule has 0 aliphatic heterocycles. The van der Waals surface area contributed by atoms with E-state index in [0.29, 0.717) is 0 Å². The molecule has 5 heteroatoms. The number of rotatable bonds is 7. The molecule has 5 nitrogen and oxygen atoms in total. The SMILES string of the molecule is CC(C)(C)c1ccnc(-n2c3ccccc3c3ccc(Oc4cccc(Nc5ccccc5Nc5ccc6c(c5)C5c7ccccc7C6C6c7ccccc7C5c5ccccc56)c4)cc32)c1. The van der Waals surface area contributed by atoms with E-state index in [0.717, 1.165) is 56.5 Å². The van der Waals surface area contributed by atoms with Crippen molar-refractivity contribution in [2.75, 3.05) is 10.6 Å². The van der Waals surface area contributed by atoms with Crippen molar-refractivity contribution < 1.29 is 4.74 Å². The number of benzene rings is 8. The van der Waals surface area contributed by atoms with Crippen LogP contribution in [0.1, 0.15) is 94.5 Å². The molecule has 66 heavy (non-hydrogen) atoms. The zero-order valence-electron chi connectivity index (χ0n) is 37.2. The largest absolute Gasteiger partial charge is 0.457 e. The van der Waals surface area contributed by atoms with Gasteiger partial charge in [0.1, 0.15) is 17.3 Å². The van der Waals surface area contributed by atoms with E-state index in [1.165, 1.54) is 55.5 Å². The van der Waals surface area contributed by atoms with E-state index in [-0.39, 0.29) is 29.1 Å². The van der Waals surface area contributed by atoms with E-state index >= 15 is 0 Å². The lowest BCUT2D eigenvalue weighted by molar-refractivity contribution is 0.483. The highest BCUT2D eigenvalue weighted by atomic mass is 16.5. The predicted octanol–water partition coefficient (Wildman–Crippen LogP) is 15.6. The zero-order valence-corrected chi connectivity index (χ0v) is 37.2. The molecule has 318 valence electrons. The van der Waals surface area contributed by atoms with E-state index in [1.54, 1.807) is 0 Å². The highest BCUT2D eigenvalue weighted by Crippen LogP contribution is 2.64. The van der Waals surface area contributed by atoms with Crippen molar-refractivity contribution in [3.8, 4) is 17.3 Å². The molecule has 2 N–H and O–H groups in total. The third-order valence-electron chi connectivity index (χ3n) is 14.5. The van der Waals surface area contributed by atoms with Crippen LogP contribution < -0.4 is 15.4 Å². The van der Waals surface area contributed by atoms with Crippen molar-refractivity contribution in [3.05, 3.63) is 250 Å². The lowest BCUT2D eigenvalue weighted by Gasteiger charge is -2.50. The third-order valence-corrected chi connectivity index (χ3v) is 14.5. The van der Waals surface area contributed by atoms with Gasteiger partial charge in [-0.15, -0.1) is 0 Å². The molecule has 0 fully saturated rings. The van der Waals surface area contributed by atoms with Gasteiger partial charge in [-0.05, 0) is 122 Å². The van der Waals surface area contributed by atoms with Crippen LogP contribution in [-0.4, -0.2) is 9.55 Å². The van der Waals surface area contributed by atoms with Crippen LogP contribution in [0.25, 0.3) is 27.6 Å². The minimum Gasteiger partial charge on any atom is -0.457 e. The molecule has 2 unspecified atom stereocenters. The first-order chi connectivity index (χ1) is 32.4. The normalized spacial score (nSPS) is 17.6. The first-order valence-electron chi connectivity index (χ1n) is 23.2. The van der Waals surface area contributed by atoms with Gasteiger partial charge in [0, 0.05) is 64.1 Å². The Morgan fingerprint density at radius 2 is 0.939 bits per heavy atom. The van der Waals surface area contributed by atoms with Crippen LogP contribution in [0, 0.1) is 0 Å². The van der Waals surface area contributed by atoms with E-state index < -0.39 is 0 Å². The summed E-state index contributed by atoms with van der Waals surface area (Å²) in [5, 5.41) is 9.92. The van der Waals surface area contributed by atoms with E-state index in [2.05, 4.69) is 218 Å². The summed E-state index contributed by atoms with van der Waals surface area (Å²) >= 11 is 0.